The molecule has 0 heterocycles. The molecule has 1 aromatic carbocycles. The molecule has 138 valence electrons. The number of hydrogen-bond acceptors (Lipinski definition) is 2. The number of benzene rings is 1. The lowest BCUT2D eigenvalue weighted by Gasteiger charge is -2.30. The summed E-state index contributed by atoms with van der Waals surface area (Å²) >= 11 is 0. The Morgan fingerprint density at radius 3 is 2.56 bits per heavy atom. The van der Waals surface area contributed by atoms with Crippen molar-refractivity contribution >= 4 is 5.97 Å². The number of carbonyl (C=O) groups is 1. The van der Waals surface area contributed by atoms with Gasteiger partial charge in [-0.2, -0.15) is 0 Å². The molecule has 0 aliphatic heterocycles. The zero-order valence-corrected chi connectivity index (χ0v) is 15.8. The number of hydrogen-bond donors (Lipinski definition) is 0. The summed E-state index contributed by atoms with van der Waals surface area (Å²) in [4.78, 5) is 12.5. The van der Waals surface area contributed by atoms with E-state index in [1.165, 1.54) is 56.9 Å². The van der Waals surface area contributed by atoms with Crippen LogP contribution < -0.4 is 0 Å². The van der Waals surface area contributed by atoms with Gasteiger partial charge in [0.1, 0.15) is 0 Å². The molecule has 25 heavy (non-hydrogen) atoms. The van der Waals surface area contributed by atoms with E-state index in [2.05, 4.69) is 30.3 Å². The van der Waals surface area contributed by atoms with E-state index in [1.807, 2.05) is 6.92 Å². The van der Waals surface area contributed by atoms with Gasteiger partial charge in [0.05, 0.1) is 12.5 Å². The van der Waals surface area contributed by atoms with Gasteiger partial charge in [-0.15, -0.1) is 0 Å². The van der Waals surface area contributed by atoms with E-state index >= 15 is 0 Å². The van der Waals surface area contributed by atoms with Crippen LogP contribution >= 0.6 is 0 Å². The maximum atomic E-state index is 12.5. The van der Waals surface area contributed by atoms with E-state index in [-0.39, 0.29) is 11.9 Å². The van der Waals surface area contributed by atoms with Gasteiger partial charge in [0.25, 0.3) is 0 Å². The van der Waals surface area contributed by atoms with Crippen LogP contribution in [-0.2, 0) is 16.0 Å². The van der Waals surface area contributed by atoms with Gasteiger partial charge in [0.2, 0.25) is 0 Å². The molecule has 0 aromatic heterocycles. The number of aryl methyl sites for hydroxylation is 1. The minimum Gasteiger partial charge on any atom is -0.466 e. The second-order valence-electron chi connectivity index (χ2n) is 8.14. The molecule has 2 aliphatic rings. The van der Waals surface area contributed by atoms with E-state index in [0.29, 0.717) is 18.4 Å². The summed E-state index contributed by atoms with van der Waals surface area (Å²) in [5.74, 6) is 2.32. The van der Waals surface area contributed by atoms with E-state index in [0.717, 1.165) is 18.8 Å². The van der Waals surface area contributed by atoms with Crippen LogP contribution in [0, 0.1) is 23.7 Å². The predicted octanol–water partition coefficient (Wildman–Crippen LogP) is 5.80. The molecule has 3 atom stereocenters. The molecule has 2 fully saturated rings. The molecule has 0 bridgehead atoms. The first-order chi connectivity index (χ1) is 12.3. The summed E-state index contributed by atoms with van der Waals surface area (Å²) in [5.41, 5.74) is 1.44. The number of rotatable bonds is 7. The Bertz CT molecular complexity index is 518. The van der Waals surface area contributed by atoms with Crippen molar-refractivity contribution in [2.75, 3.05) is 6.61 Å². The zero-order valence-electron chi connectivity index (χ0n) is 15.8. The van der Waals surface area contributed by atoms with Crippen molar-refractivity contribution in [3.8, 4) is 0 Å². The molecular formula is C23H34O2. The van der Waals surface area contributed by atoms with Crippen LogP contribution in [0.15, 0.2) is 30.3 Å². The molecule has 1 aromatic rings. The van der Waals surface area contributed by atoms with Gasteiger partial charge in [-0.1, -0.05) is 68.9 Å². The van der Waals surface area contributed by atoms with Crippen LogP contribution in [0.25, 0.3) is 0 Å². The summed E-state index contributed by atoms with van der Waals surface area (Å²) in [6, 6.07) is 10.8. The van der Waals surface area contributed by atoms with Crippen LogP contribution in [0.3, 0.4) is 0 Å². The summed E-state index contributed by atoms with van der Waals surface area (Å²) in [6.07, 6.45) is 12.7. The Hall–Kier alpha value is -1.31. The Labute approximate surface area is 153 Å². The fourth-order valence-corrected chi connectivity index (χ4v) is 5.26. The molecule has 2 nitrogen and oxygen atoms in total. The number of ether oxygens (including phenoxy) is 1. The summed E-state index contributed by atoms with van der Waals surface area (Å²) in [7, 11) is 0. The van der Waals surface area contributed by atoms with Crippen molar-refractivity contribution in [3.05, 3.63) is 35.9 Å². The molecule has 1 unspecified atom stereocenters. The lowest BCUT2D eigenvalue weighted by Crippen LogP contribution is -2.28. The second-order valence-corrected chi connectivity index (χ2v) is 8.14. The number of carbonyl (C=O) groups excluding carboxylic acids is 1. The Morgan fingerprint density at radius 1 is 1.08 bits per heavy atom. The van der Waals surface area contributed by atoms with Crippen molar-refractivity contribution in [1.29, 1.82) is 0 Å². The Morgan fingerprint density at radius 2 is 1.84 bits per heavy atom. The largest absolute Gasteiger partial charge is 0.466 e. The van der Waals surface area contributed by atoms with Crippen molar-refractivity contribution in [2.45, 2.75) is 71.1 Å². The monoisotopic (exact) mass is 342 g/mol. The van der Waals surface area contributed by atoms with E-state index in [4.69, 9.17) is 4.74 Å². The Kier molecular flexibility index (Phi) is 6.95. The van der Waals surface area contributed by atoms with Crippen LogP contribution in [0.2, 0.25) is 0 Å². The minimum atomic E-state index is 0.0867. The summed E-state index contributed by atoms with van der Waals surface area (Å²) in [6.45, 7) is 2.45. The summed E-state index contributed by atoms with van der Waals surface area (Å²) < 4.78 is 5.43. The van der Waals surface area contributed by atoms with Crippen molar-refractivity contribution in [3.63, 3.8) is 0 Å². The highest BCUT2D eigenvalue weighted by atomic mass is 16.5. The molecule has 2 aliphatic carbocycles. The third-order valence-electron chi connectivity index (χ3n) is 6.47. The quantitative estimate of drug-likeness (QED) is 0.586. The Balaban J connectivity index is 1.55. The maximum Gasteiger partial charge on any atom is 0.309 e. The van der Waals surface area contributed by atoms with Gasteiger partial charge < -0.3 is 4.74 Å². The zero-order chi connectivity index (χ0) is 17.5. The highest BCUT2D eigenvalue weighted by Crippen LogP contribution is 2.47. The fourth-order valence-electron chi connectivity index (χ4n) is 5.26. The molecule has 2 saturated carbocycles. The molecule has 0 saturated heterocycles. The fraction of sp³-hybridized carbons (Fsp3) is 0.696. The average Bonchev–Trinajstić information content (AvgIpc) is 3.08. The lowest BCUT2D eigenvalue weighted by molar-refractivity contribution is -0.150. The van der Waals surface area contributed by atoms with Gasteiger partial charge in [-0.05, 0) is 55.9 Å². The van der Waals surface area contributed by atoms with Crippen LogP contribution in [0.1, 0.15) is 70.3 Å². The van der Waals surface area contributed by atoms with Crippen molar-refractivity contribution in [1.82, 2.24) is 0 Å². The second kappa shape index (κ2) is 9.40. The molecule has 3 rings (SSSR count). The summed E-state index contributed by atoms with van der Waals surface area (Å²) in [5, 5.41) is 0. The van der Waals surface area contributed by atoms with Gasteiger partial charge in [-0.3, -0.25) is 4.79 Å². The highest BCUT2D eigenvalue weighted by Gasteiger charge is 2.43. The smallest absolute Gasteiger partial charge is 0.309 e. The van der Waals surface area contributed by atoms with Crippen LogP contribution in [-0.4, -0.2) is 12.6 Å². The number of esters is 1. The normalized spacial score (nSPS) is 27.3. The first kappa shape index (κ1) is 18.5. The molecule has 0 amide bonds. The molecular weight excluding hydrogens is 308 g/mol. The molecule has 2 heteroatoms. The van der Waals surface area contributed by atoms with Gasteiger partial charge in [0.15, 0.2) is 0 Å². The van der Waals surface area contributed by atoms with Crippen LogP contribution in [0.5, 0.6) is 0 Å². The van der Waals surface area contributed by atoms with Crippen molar-refractivity contribution < 1.29 is 9.53 Å². The standard InChI is InChI=1S/C23H34O2/c1-2-25-23(24)22-17-19(13-9-12-18-10-5-3-6-11-18)16-21(22)20-14-7-4-8-15-20/h3,5-6,10-11,19-22H,2,4,7-9,12-17H2,1H3/t19?,21-,22+/m0/s1. The molecule has 0 spiro atoms. The van der Waals surface area contributed by atoms with E-state index < -0.39 is 0 Å². The van der Waals surface area contributed by atoms with Gasteiger partial charge >= 0.3 is 5.97 Å². The minimum absolute atomic E-state index is 0.0867. The topological polar surface area (TPSA) is 26.3 Å². The maximum absolute atomic E-state index is 12.5. The van der Waals surface area contributed by atoms with E-state index in [9.17, 15) is 4.79 Å². The van der Waals surface area contributed by atoms with Crippen LogP contribution in [0.4, 0.5) is 0 Å². The average molecular weight is 343 g/mol. The highest BCUT2D eigenvalue weighted by molar-refractivity contribution is 5.73. The first-order valence-electron chi connectivity index (χ1n) is 10.5. The SMILES string of the molecule is CCOC(=O)[C@@H]1CC(CCCc2ccccc2)C[C@H]1C1CCCCC1. The molecule has 0 N–H and O–H groups in total. The van der Waals surface area contributed by atoms with Gasteiger partial charge in [0, 0.05) is 0 Å². The third-order valence-corrected chi connectivity index (χ3v) is 6.47. The van der Waals surface area contributed by atoms with E-state index in [1.54, 1.807) is 0 Å². The lowest BCUT2D eigenvalue weighted by atomic mass is 9.75. The molecule has 0 radical (unpaired) electrons. The van der Waals surface area contributed by atoms with Crippen molar-refractivity contribution in [2.24, 2.45) is 23.7 Å². The van der Waals surface area contributed by atoms with Gasteiger partial charge in [-0.25, -0.2) is 0 Å². The predicted molar refractivity (Wildman–Crippen MR) is 102 cm³/mol. The third kappa shape index (κ3) is 5.09. The first-order valence-corrected chi connectivity index (χ1v) is 10.5.